The number of imide groups is 1. The maximum absolute atomic E-state index is 12.9. The summed E-state index contributed by atoms with van der Waals surface area (Å²) < 4.78 is 10.7. The molecule has 1 aromatic rings. The zero-order valence-corrected chi connectivity index (χ0v) is 19.3. The Hall–Kier alpha value is -2.06. The summed E-state index contributed by atoms with van der Waals surface area (Å²) in [6.45, 7) is 1.64. The minimum absolute atomic E-state index is 0.278. The normalized spacial score (nSPS) is 31.1. The molecule has 3 unspecified atom stereocenters. The molecule has 4 rings (SSSR count). The Morgan fingerprint density at radius 3 is 2.52 bits per heavy atom. The molecule has 4 atom stereocenters. The number of likely N-dealkylation sites (tertiary alicyclic amines) is 1. The van der Waals surface area contributed by atoms with Crippen LogP contribution in [-0.4, -0.2) is 54.7 Å². The van der Waals surface area contributed by atoms with Crippen molar-refractivity contribution in [2.75, 3.05) is 21.3 Å². The summed E-state index contributed by atoms with van der Waals surface area (Å²) >= 11 is 1.85. The Morgan fingerprint density at radius 1 is 1.16 bits per heavy atom. The van der Waals surface area contributed by atoms with Crippen molar-refractivity contribution in [1.29, 1.82) is 0 Å². The summed E-state index contributed by atoms with van der Waals surface area (Å²) in [5.41, 5.74) is -0.450. The SMILES string of the molecule is COC(=O)[C@]1(C)NC(c2ccc(SC3CCCCC3)c(OC)c2)C2C(=O)N(C)C(=O)C21. The lowest BCUT2D eigenvalue weighted by atomic mass is 9.80. The highest BCUT2D eigenvalue weighted by Crippen LogP contribution is 2.49. The average Bonchev–Trinajstić information content (AvgIpc) is 3.23. The smallest absolute Gasteiger partial charge is 0.326 e. The maximum Gasteiger partial charge on any atom is 0.326 e. The second-order valence-electron chi connectivity index (χ2n) is 8.84. The van der Waals surface area contributed by atoms with Crippen LogP contribution in [0.15, 0.2) is 23.1 Å². The van der Waals surface area contributed by atoms with Crippen LogP contribution in [0.1, 0.15) is 50.6 Å². The standard InChI is InChI=1S/C23H30N2O5S/c1-23(22(28)30-4)18-17(20(26)25(2)21(18)27)19(24-23)13-10-11-16(15(12-13)29-3)31-14-8-6-5-7-9-14/h10-12,14,17-19,24H,5-9H2,1-4H3/t17?,18?,19?,23-/m1/s1. The molecule has 0 radical (unpaired) electrons. The summed E-state index contributed by atoms with van der Waals surface area (Å²) in [5, 5.41) is 3.86. The molecule has 0 bridgehead atoms. The number of esters is 1. The molecule has 2 saturated heterocycles. The predicted molar refractivity (Wildman–Crippen MR) is 117 cm³/mol. The Labute approximate surface area is 187 Å². The molecule has 3 fully saturated rings. The molecule has 0 aromatic heterocycles. The van der Waals surface area contributed by atoms with Crippen molar-refractivity contribution in [1.82, 2.24) is 10.2 Å². The van der Waals surface area contributed by atoms with E-state index in [2.05, 4.69) is 5.32 Å². The first-order valence-electron chi connectivity index (χ1n) is 10.8. The van der Waals surface area contributed by atoms with Gasteiger partial charge in [0.25, 0.3) is 0 Å². The third-order valence-electron chi connectivity index (χ3n) is 7.01. The number of carbonyl (C=O) groups is 3. The topological polar surface area (TPSA) is 84.9 Å². The number of fused-ring (bicyclic) bond motifs is 1. The van der Waals surface area contributed by atoms with E-state index >= 15 is 0 Å². The van der Waals surface area contributed by atoms with Crippen LogP contribution in [0.4, 0.5) is 0 Å². The summed E-state index contributed by atoms with van der Waals surface area (Å²) in [6.07, 6.45) is 6.27. The molecule has 7 nitrogen and oxygen atoms in total. The molecule has 2 amide bonds. The van der Waals surface area contributed by atoms with Crippen molar-refractivity contribution in [3.05, 3.63) is 23.8 Å². The molecule has 8 heteroatoms. The van der Waals surface area contributed by atoms with Crippen LogP contribution in [0.3, 0.4) is 0 Å². The minimum Gasteiger partial charge on any atom is -0.496 e. The minimum atomic E-state index is -1.27. The number of hydrogen-bond donors (Lipinski definition) is 1. The molecular weight excluding hydrogens is 416 g/mol. The zero-order valence-electron chi connectivity index (χ0n) is 18.5. The maximum atomic E-state index is 12.9. The first kappa shape index (κ1) is 22.1. The Bertz CT molecular complexity index is 900. The lowest BCUT2D eigenvalue weighted by Gasteiger charge is -2.28. The number of methoxy groups -OCH3 is 2. The largest absolute Gasteiger partial charge is 0.496 e. The summed E-state index contributed by atoms with van der Waals surface area (Å²) in [5.74, 6) is -1.89. The fraction of sp³-hybridized carbons (Fsp3) is 0.609. The number of amides is 2. The molecule has 2 aliphatic heterocycles. The molecule has 1 aliphatic carbocycles. The van der Waals surface area contributed by atoms with Crippen molar-refractivity contribution < 1.29 is 23.9 Å². The molecule has 1 N–H and O–H groups in total. The van der Waals surface area contributed by atoms with E-state index in [0.29, 0.717) is 5.25 Å². The van der Waals surface area contributed by atoms with Crippen LogP contribution in [0, 0.1) is 11.8 Å². The predicted octanol–water partition coefficient (Wildman–Crippen LogP) is 2.93. The summed E-state index contributed by atoms with van der Waals surface area (Å²) in [6, 6.07) is 5.45. The van der Waals surface area contributed by atoms with Gasteiger partial charge in [-0.1, -0.05) is 25.3 Å². The van der Waals surface area contributed by atoms with Crippen LogP contribution >= 0.6 is 11.8 Å². The van der Waals surface area contributed by atoms with E-state index in [1.165, 1.54) is 46.3 Å². The lowest BCUT2D eigenvalue weighted by Crippen LogP contribution is -2.53. The van der Waals surface area contributed by atoms with Gasteiger partial charge < -0.3 is 9.47 Å². The van der Waals surface area contributed by atoms with E-state index in [4.69, 9.17) is 9.47 Å². The number of rotatable bonds is 5. The van der Waals surface area contributed by atoms with Gasteiger partial charge in [-0.05, 0) is 37.5 Å². The fourth-order valence-electron chi connectivity index (χ4n) is 5.31. The molecule has 31 heavy (non-hydrogen) atoms. The van der Waals surface area contributed by atoms with Gasteiger partial charge in [-0.25, -0.2) is 0 Å². The number of thioether (sulfide) groups is 1. The Kier molecular flexibility index (Phi) is 6.05. The van der Waals surface area contributed by atoms with Gasteiger partial charge in [0.05, 0.1) is 26.1 Å². The number of nitrogens with zero attached hydrogens (tertiary/aromatic N) is 1. The van der Waals surface area contributed by atoms with Gasteiger partial charge in [0, 0.05) is 23.2 Å². The fourth-order valence-corrected chi connectivity index (χ4v) is 6.64. The van der Waals surface area contributed by atoms with E-state index < -0.39 is 29.4 Å². The molecule has 0 spiro atoms. The molecule has 168 valence electrons. The zero-order chi connectivity index (χ0) is 22.3. The molecule has 1 aromatic carbocycles. The number of benzene rings is 1. The van der Waals surface area contributed by atoms with Gasteiger partial charge in [0.2, 0.25) is 11.8 Å². The van der Waals surface area contributed by atoms with E-state index in [1.54, 1.807) is 14.0 Å². The van der Waals surface area contributed by atoms with E-state index in [0.717, 1.165) is 21.1 Å². The number of hydrogen-bond acceptors (Lipinski definition) is 7. The van der Waals surface area contributed by atoms with Crippen molar-refractivity contribution >= 4 is 29.5 Å². The van der Waals surface area contributed by atoms with Gasteiger partial charge in [-0.2, -0.15) is 0 Å². The van der Waals surface area contributed by atoms with Crippen LogP contribution in [-0.2, 0) is 19.1 Å². The van der Waals surface area contributed by atoms with Gasteiger partial charge in [0.15, 0.2) is 0 Å². The Balaban J connectivity index is 1.67. The van der Waals surface area contributed by atoms with E-state index in [-0.39, 0.29) is 11.8 Å². The lowest BCUT2D eigenvalue weighted by molar-refractivity contribution is -0.152. The highest BCUT2D eigenvalue weighted by molar-refractivity contribution is 8.00. The van der Waals surface area contributed by atoms with Crippen LogP contribution < -0.4 is 10.1 Å². The third-order valence-corrected chi connectivity index (χ3v) is 8.41. The second kappa shape index (κ2) is 8.47. The quantitative estimate of drug-likeness (QED) is 0.550. The molecular formula is C23H30N2O5S. The van der Waals surface area contributed by atoms with Crippen LogP contribution in [0.2, 0.25) is 0 Å². The second-order valence-corrected chi connectivity index (χ2v) is 10.2. The van der Waals surface area contributed by atoms with Gasteiger partial charge in [-0.15, -0.1) is 11.8 Å². The number of nitrogens with one attached hydrogen (secondary N) is 1. The summed E-state index contributed by atoms with van der Waals surface area (Å²) in [4.78, 5) is 40.6. The van der Waals surface area contributed by atoms with E-state index in [1.807, 2.05) is 30.0 Å². The first-order chi connectivity index (χ1) is 14.8. The summed E-state index contributed by atoms with van der Waals surface area (Å²) in [7, 11) is 4.41. The van der Waals surface area contributed by atoms with Crippen LogP contribution in [0.25, 0.3) is 0 Å². The molecule has 3 aliphatic rings. The number of carbonyl (C=O) groups excluding carboxylic acids is 3. The molecule has 1 saturated carbocycles. The molecule has 2 heterocycles. The van der Waals surface area contributed by atoms with Crippen molar-refractivity contribution in [2.45, 2.75) is 60.8 Å². The van der Waals surface area contributed by atoms with Crippen LogP contribution in [0.5, 0.6) is 5.75 Å². The van der Waals surface area contributed by atoms with Crippen molar-refractivity contribution in [3.63, 3.8) is 0 Å². The number of ether oxygens (including phenoxy) is 2. The van der Waals surface area contributed by atoms with Gasteiger partial charge in [-0.3, -0.25) is 24.6 Å². The van der Waals surface area contributed by atoms with Crippen molar-refractivity contribution in [3.8, 4) is 5.75 Å². The monoisotopic (exact) mass is 446 g/mol. The van der Waals surface area contributed by atoms with E-state index in [9.17, 15) is 14.4 Å². The highest BCUT2D eigenvalue weighted by Gasteiger charge is 2.66. The average molecular weight is 447 g/mol. The Morgan fingerprint density at radius 2 is 1.87 bits per heavy atom. The van der Waals surface area contributed by atoms with Gasteiger partial charge >= 0.3 is 5.97 Å². The highest BCUT2D eigenvalue weighted by atomic mass is 32.2. The third kappa shape index (κ3) is 3.63. The first-order valence-corrected chi connectivity index (χ1v) is 11.7. The van der Waals surface area contributed by atoms with Gasteiger partial charge in [0.1, 0.15) is 11.3 Å². The van der Waals surface area contributed by atoms with Crippen molar-refractivity contribution in [2.24, 2.45) is 11.8 Å².